The molecule has 1 saturated heterocycles. The van der Waals surface area contributed by atoms with Crippen LogP contribution in [-0.4, -0.2) is 35.4 Å². The highest BCUT2D eigenvalue weighted by atomic mass is 32.2. The fourth-order valence-corrected chi connectivity index (χ4v) is 2.37. The maximum atomic E-state index is 11.5. The number of carboxylic acids is 1. The second-order valence-electron chi connectivity index (χ2n) is 4.36. The first-order valence-corrected chi connectivity index (χ1v) is 7.04. The Bertz CT molecular complexity index is 669. The summed E-state index contributed by atoms with van der Waals surface area (Å²) in [6.45, 7) is 1.41. The van der Waals surface area contributed by atoms with Gasteiger partial charge in [0, 0.05) is 0 Å². The molecule has 1 unspecified atom stereocenters. The van der Waals surface area contributed by atoms with Gasteiger partial charge < -0.3 is 14.6 Å². The van der Waals surface area contributed by atoms with Gasteiger partial charge in [0.25, 0.3) is 11.1 Å². The van der Waals surface area contributed by atoms with Crippen LogP contribution in [0.5, 0.6) is 11.5 Å². The number of carboxylic acid groups (broad SMARTS) is 1. The Hall–Kier alpha value is -2.48. The standard InChI is InChI=1S/C14H13NO6S/c1-7(13(17)18)21-9-4-3-8(5-10(9)20-2)6-11-12(16)15-14(19)22-11/h3-7H,1-2H3,(H,17,18)(H,15,16,19)/b11-6+. The number of amides is 2. The van der Waals surface area contributed by atoms with E-state index in [1.165, 1.54) is 20.1 Å². The molecule has 0 radical (unpaired) electrons. The van der Waals surface area contributed by atoms with Gasteiger partial charge in [-0.2, -0.15) is 0 Å². The van der Waals surface area contributed by atoms with Crippen molar-refractivity contribution in [2.45, 2.75) is 13.0 Å². The molecule has 0 aromatic heterocycles. The van der Waals surface area contributed by atoms with Gasteiger partial charge in [0.2, 0.25) is 0 Å². The molecule has 2 amide bonds. The molecule has 1 aliphatic heterocycles. The molecular weight excluding hydrogens is 310 g/mol. The van der Waals surface area contributed by atoms with Gasteiger partial charge in [0.15, 0.2) is 17.6 Å². The molecule has 22 heavy (non-hydrogen) atoms. The number of nitrogens with one attached hydrogen (secondary N) is 1. The number of imide groups is 1. The monoisotopic (exact) mass is 323 g/mol. The van der Waals surface area contributed by atoms with Crippen LogP contribution >= 0.6 is 11.8 Å². The Kier molecular flexibility index (Phi) is 4.71. The molecule has 8 heteroatoms. The third-order valence-electron chi connectivity index (χ3n) is 2.78. The largest absolute Gasteiger partial charge is 0.493 e. The van der Waals surface area contributed by atoms with Gasteiger partial charge in [0.05, 0.1) is 12.0 Å². The van der Waals surface area contributed by atoms with Crippen LogP contribution in [-0.2, 0) is 9.59 Å². The van der Waals surface area contributed by atoms with Crippen molar-refractivity contribution in [1.82, 2.24) is 5.32 Å². The van der Waals surface area contributed by atoms with Crippen molar-refractivity contribution < 1.29 is 29.0 Å². The summed E-state index contributed by atoms with van der Waals surface area (Å²) in [6, 6.07) is 4.77. The van der Waals surface area contributed by atoms with E-state index in [-0.39, 0.29) is 10.7 Å². The van der Waals surface area contributed by atoms with Crippen molar-refractivity contribution in [1.29, 1.82) is 0 Å². The zero-order valence-electron chi connectivity index (χ0n) is 11.8. The summed E-state index contributed by atoms with van der Waals surface area (Å²) in [5.74, 6) is -0.934. The van der Waals surface area contributed by atoms with Gasteiger partial charge in [-0.05, 0) is 42.5 Å². The van der Waals surface area contributed by atoms with Crippen LogP contribution in [0.25, 0.3) is 6.08 Å². The second kappa shape index (κ2) is 6.52. The van der Waals surface area contributed by atoms with Crippen LogP contribution in [0.2, 0.25) is 0 Å². The van der Waals surface area contributed by atoms with E-state index in [0.29, 0.717) is 11.3 Å². The Balaban J connectivity index is 2.26. The predicted octanol–water partition coefficient (Wildman–Crippen LogP) is 1.87. The third kappa shape index (κ3) is 3.59. The smallest absolute Gasteiger partial charge is 0.344 e. The van der Waals surface area contributed by atoms with Crippen molar-refractivity contribution >= 4 is 35.0 Å². The van der Waals surface area contributed by atoms with Gasteiger partial charge >= 0.3 is 5.97 Å². The van der Waals surface area contributed by atoms with Crippen molar-refractivity contribution in [3.05, 3.63) is 28.7 Å². The molecule has 1 fully saturated rings. The first-order chi connectivity index (χ1) is 10.4. The van der Waals surface area contributed by atoms with Crippen molar-refractivity contribution in [2.24, 2.45) is 0 Å². The lowest BCUT2D eigenvalue weighted by Gasteiger charge is -2.14. The zero-order valence-corrected chi connectivity index (χ0v) is 12.6. The number of methoxy groups -OCH3 is 1. The molecule has 0 saturated carbocycles. The Labute approximate surface area is 130 Å². The summed E-state index contributed by atoms with van der Waals surface area (Å²) < 4.78 is 10.4. The van der Waals surface area contributed by atoms with E-state index in [0.717, 1.165) is 11.8 Å². The summed E-state index contributed by atoms with van der Waals surface area (Å²) in [6.07, 6.45) is 0.518. The maximum Gasteiger partial charge on any atom is 0.344 e. The van der Waals surface area contributed by atoms with Gasteiger partial charge in [-0.3, -0.25) is 14.9 Å². The van der Waals surface area contributed by atoms with Gasteiger partial charge in [-0.25, -0.2) is 4.79 Å². The number of rotatable bonds is 5. The quantitative estimate of drug-likeness (QED) is 0.797. The molecule has 1 aromatic rings. The Morgan fingerprint density at radius 2 is 2.09 bits per heavy atom. The van der Waals surface area contributed by atoms with Crippen LogP contribution in [0.4, 0.5) is 4.79 Å². The number of ether oxygens (including phenoxy) is 2. The topological polar surface area (TPSA) is 102 Å². The van der Waals surface area contributed by atoms with Gasteiger partial charge in [-0.1, -0.05) is 6.07 Å². The molecule has 1 heterocycles. The van der Waals surface area contributed by atoms with Gasteiger partial charge in [0.1, 0.15) is 0 Å². The first kappa shape index (κ1) is 15.9. The molecule has 116 valence electrons. The fraction of sp³-hybridized carbons (Fsp3) is 0.214. The summed E-state index contributed by atoms with van der Waals surface area (Å²) >= 11 is 0.812. The van der Waals surface area contributed by atoms with Crippen LogP contribution in [0.3, 0.4) is 0 Å². The van der Waals surface area contributed by atoms with E-state index in [1.807, 2.05) is 0 Å². The maximum absolute atomic E-state index is 11.5. The minimum absolute atomic E-state index is 0.277. The minimum atomic E-state index is -1.09. The molecule has 1 aromatic carbocycles. The van der Waals surface area contributed by atoms with Crippen LogP contribution in [0.15, 0.2) is 23.1 Å². The number of hydrogen-bond donors (Lipinski definition) is 2. The summed E-state index contributed by atoms with van der Waals surface area (Å²) in [4.78, 5) is 33.7. The Morgan fingerprint density at radius 1 is 1.36 bits per heavy atom. The SMILES string of the molecule is COc1cc(/C=C2/SC(=O)NC2=O)ccc1OC(C)C(=O)O. The normalized spacial score (nSPS) is 17.3. The van der Waals surface area contributed by atoms with E-state index in [1.54, 1.807) is 18.2 Å². The zero-order chi connectivity index (χ0) is 16.3. The number of thioether (sulfide) groups is 1. The highest BCUT2D eigenvalue weighted by Gasteiger charge is 2.25. The van der Waals surface area contributed by atoms with Crippen molar-refractivity contribution in [3.63, 3.8) is 0 Å². The number of hydrogen-bond acceptors (Lipinski definition) is 6. The van der Waals surface area contributed by atoms with E-state index in [4.69, 9.17) is 14.6 Å². The van der Waals surface area contributed by atoms with E-state index >= 15 is 0 Å². The number of aliphatic carboxylic acids is 1. The van der Waals surface area contributed by atoms with Crippen LogP contribution in [0, 0.1) is 0 Å². The molecule has 2 N–H and O–H groups in total. The molecular formula is C14H13NO6S. The molecule has 1 aliphatic rings. The van der Waals surface area contributed by atoms with E-state index < -0.39 is 23.2 Å². The summed E-state index contributed by atoms with van der Waals surface area (Å²) in [5.41, 5.74) is 0.625. The highest BCUT2D eigenvalue weighted by Crippen LogP contribution is 2.32. The predicted molar refractivity (Wildman–Crippen MR) is 79.8 cm³/mol. The van der Waals surface area contributed by atoms with Gasteiger partial charge in [-0.15, -0.1) is 0 Å². The molecule has 1 atom stereocenters. The van der Waals surface area contributed by atoms with Crippen LogP contribution in [0.1, 0.15) is 12.5 Å². The third-order valence-corrected chi connectivity index (χ3v) is 3.59. The average Bonchev–Trinajstić information content (AvgIpc) is 2.78. The van der Waals surface area contributed by atoms with E-state index in [2.05, 4.69) is 5.32 Å². The molecule has 0 spiro atoms. The van der Waals surface area contributed by atoms with Crippen molar-refractivity contribution in [2.75, 3.05) is 7.11 Å². The molecule has 0 bridgehead atoms. The highest BCUT2D eigenvalue weighted by molar-refractivity contribution is 8.18. The average molecular weight is 323 g/mol. The lowest BCUT2D eigenvalue weighted by atomic mass is 10.2. The first-order valence-electron chi connectivity index (χ1n) is 6.23. The lowest BCUT2D eigenvalue weighted by Crippen LogP contribution is -2.23. The number of carbonyl (C=O) groups excluding carboxylic acids is 2. The number of benzene rings is 1. The second-order valence-corrected chi connectivity index (χ2v) is 5.38. The fourth-order valence-electron chi connectivity index (χ4n) is 1.68. The summed E-state index contributed by atoms with van der Waals surface area (Å²) in [7, 11) is 1.42. The minimum Gasteiger partial charge on any atom is -0.493 e. The Morgan fingerprint density at radius 3 is 2.64 bits per heavy atom. The van der Waals surface area contributed by atoms with Crippen molar-refractivity contribution in [3.8, 4) is 11.5 Å². The lowest BCUT2D eigenvalue weighted by molar-refractivity contribution is -0.144. The van der Waals surface area contributed by atoms with Crippen LogP contribution < -0.4 is 14.8 Å². The molecule has 2 rings (SSSR count). The molecule has 0 aliphatic carbocycles. The van der Waals surface area contributed by atoms with E-state index in [9.17, 15) is 14.4 Å². The number of carbonyl (C=O) groups is 3. The molecule has 7 nitrogen and oxygen atoms in total. The summed E-state index contributed by atoms with van der Waals surface area (Å²) in [5, 5.41) is 10.6.